The summed E-state index contributed by atoms with van der Waals surface area (Å²) in [6.07, 6.45) is 1.76. The van der Waals surface area contributed by atoms with Crippen LogP contribution in [0.15, 0.2) is 53.1 Å². The van der Waals surface area contributed by atoms with Gasteiger partial charge in [-0.1, -0.05) is 36.4 Å². The number of fused-ring (bicyclic) bond motifs is 1. The van der Waals surface area contributed by atoms with Crippen LogP contribution in [0.25, 0.3) is 10.8 Å². The van der Waals surface area contributed by atoms with Crippen LogP contribution in [0.5, 0.6) is 0 Å². The van der Waals surface area contributed by atoms with Crippen LogP contribution in [0.3, 0.4) is 0 Å². The highest BCUT2D eigenvalue weighted by Gasteiger charge is 2.20. The van der Waals surface area contributed by atoms with Gasteiger partial charge in [-0.3, -0.25) is 0 Å². The quantitative estimate of drug-likeness (QED) is 0.761. The topological polar surface area (TPSA) is 25.2 Å². The van der Waals surface area contributed by atoms with Crippen molar-refractivity contribution in [3.05, 3.63) is 71.2 Å². The van der Waals surface area contributed by atoms with Crippen LogP contribution in [-0.2, 0) is 0 Å². The molecule has 0 aliphatic carbocycles. The van der Waals surface area contributed by atoms with Gasteiger partial charge >= 0.3 is 0 Å². The molecule has 0 spiro atoms. The second-order valence-electron chi connectivity index (χ2n) is 5.17. The van der Waals surface area contributed by atoms with Gasteiger partial charge in [0, 0.05) is 5.56 Å². The molecule has 0 amide bonds. The normalized spacial score (nSPS) is 12.8. The Morgan fingerprint density at radius 1 is 1.00 bits per heavy atom. The zero-order chi connectivity index (χ0) is 14.1. The number of rotatable bonds is 3. The van der Waals surface area contributed by atoms with Crippen LogP contribution in [0.1, 0.15) is 28.5 Å². The molecule has 102 valence electrons. The largest absolute Gasteiger partial charge is 0.469 e. The van der Waals surface area contributed by atoms with E-state index in [9.17, 15) is 0 Å². The number of aryl methyl sites for hydroxylation is 2. The number of benzene rings is 2. The molecule has 0 saturated heterocycles. The predicted octanol–water partition coefficient (Wildman–Crippen LogP) is 4.36. The van der Waals surface area contributed by atoms with E-state index in [4.69, 9.17) is 4.42 Å². The highest BCUT2D eigenvalue weighted by Crippen LogP contribution is 2.33. The Labute approximate surface area is 119 Å². The molecule has 1 atom stereocenters. The van der Waals surface area contributed by atoms with Crippen molar-refractivity contribution in [2.75, 3.05) is 7.05 Å². The zero-order valence-corrected chi connectivity index (χ0v) is 12.1. The molecule has 0 radical (unpaired) electrons. The minimum absolute atomic E-state index is 0.153. The first kappa shape index (κ1) is 12.9. The highest BCUT2D eigenvalue weighted by molar-refractivity contribution is 5.87. The maximum atomic E-state index is 5.48. The van der Waals surface area contributed by atoms with Gasteiger partial charge in [-0.2, -0.15) is 0 Å². The van der Waals surface area contributed by atoms with Gasteiger partial charge in [0.05, 0.1) is 12.3 Å². The van der Waals surface area contributed by atoms with Gasteiger partial charge in [-0.25, -0.2) is 0 Å². The van der Waals surface area contributed by atoms with Crippen molar-refractivity contribution < 1.29 is 4.42 Å². The molecule has 3 rings (SSSR count). The third-order valence-electron chi connectivity index (χ3n) is 3.98. The van der Waals surface area contributed by atoms with Gasteiger partial charge in [0.25, 0.3) is 0 Å². The van der Waals surface area contributed by atoms with E-state index in [0.29, 0.717) is 0 Å². The Kier molecular flexibility index (Phi) is 3.33. The lowest BCUT2D eigenvalue weighted by Crippen LogP contribution is -2.19. The molecular formula is C18H19NO. The van der Waals surface area contributed by atoms with Crippen molar-refractivity contribution >= 4 is 10.8 Å². The fourth-order valence-electron chi connectivity index (χ4n) is 2.94. The average Bonchev–Trinajstić information content (AvgIpc) is 2.88. The highest BCUT2D eigenvalue weighted by atomic mass is 16.3. The van der Waals surface area contributed by atoms with E-state index in [1.54, 1.807) is 6.26 Å². The van der Waals surface area contributed by atoms with Crippen LogP contribution < -0.4 is 5.32 Å². The molecule has 1 unspecified atom stereocenters. The van der Waals surface area contributed by atoms with Crippen LogP contribution in [-0.4, -0.2) is 7.05 Å². The summed E-state index contributed by atoms with van der Waals surface area (Å²) in [5.41, 5.74) is 3.82. The Morgan fingerprint density at radius 2 is 1.80 bits per heavy atom. The van der Waals surface area contributed by atoms with E-state index in [2.05, 4.69) is 54.7 Å². The molecular weight excluding hydrogens is 246 g/mol. The number of hydrogen-bond donors (Lipinski definition) is 1. The summed E-state index contributed by atoms with van der Waals surface area (Å²) in [4.78, 5) is 0. The molecule has 0 aliphatic rings. The first-order valence-electron chi connectivity index (χ1n) is 6.92. The summed E-state index contributed by atoms with van der Waals surface area (Å²) < 4.78 is 5.48. The van der Waals surface area contributed by atoms with E-state index in [1.165, 1.54) is 27.5 Å². The van der Waals surface area contributed by atoms with Crippen LogP contribution >= 0.6 is 0 Å². The maximum Gasteiger partial charge on any atom is 0.105 e. The molecule has 2 heteroatoms. The van der Waals surface area contributed by atoms with Crippen molar-refractivity contribution in [3.8, 4) is 0 Å². The van der Waals surface area contributed by atoms with Crippen molar-refractivity contribution in [2.45, 2.75) is 19.9 Å². The minimum Gasteiger partial charge on any atom is -0.469 e. The molecule has 2 aromatic carbocycles. The summed E-state index contributed by atoms with van der Waals surface area (Å²) in [7, 11) is 2.00. The van der Waals surface area contributed by atoms with Crippen LogP contribution in [0.4, 0.5) is 0 Å². The molecule has 0 bridgehead atoms. The molecule has 1 N–H and O–H groups in total. The lowest BCUT2D eigenvalue weighted by atomic mass is 9.90. The third kappa shape index (κ3) is 2.02. The standard InChI is InChI=1S/C18H19NO/c1-12-8-9-14-6-4-5-7-16(14)17(12)18(19-3)15-10-11-20-13(15)2/h4-11,18-19H,1-3H3. The van der Waals surface area contributed by atoms with Gasteiger partial charge in [-0.05, 0) is 48.9 Å². The van der Waals surface area contributed by atoms with Crippen LogP contribution in [0.2, 0.25) is 0 Å². The van der Waals surface area contributed by atoms with E-state index >= 15 is 0 Å². The smallest absolute Gasteiger partial charge is 0.105 e. The molecule has 1 aromatic heterocycles. The Bertz CT molecular complexity index is 742. The monoisotopic (exact) mass is 265 g/mol. The maximum absolute atomic E-state index is 5.48. The summed E-state index contributed by atoms with van der Waals surface area (Å²) in [5.74, 6) is 0.969. The number of furan rings is 1. The lowest BCUT2D eigenvalue weighted by molar-refractivity contribution is 0.523. The van der Waals surface area contributed by atoms with Crippen LogP contribution in [0, 0.1) is 13.8 Å². The number of nitrogens with one attached hydrogen (secondary N) is 1. The summed E-state index contributed by atoms with van der Waals surface area (Å²) in [6.45, 7) is 4.18. The van der Waals surface area contributed by atoms with E-state index in [1.807, 2.05) is 14.0 Å². The van der Waals surface area contributed by atoms with Crippen molar-refractivity contribution in [1.82, 2.24) is 5.32 Å². The second-order valence-corrected chi connectivity index (χ2v) is 5.17. The fraction of sp³-hybridized carbons (Fsp3) is 0.222. The molecule has 3 aromatic rings. The number of hydrogen-bond acceptors (Lipinski definition) is 2. The van der Waals surface area contributed by atoms with E-state index in [0.717, 1.165) is 5.76 Å². The second kappa shape index (κ2) is 5.14. The first-order valence-corrected chi connectivity index (χ1v) is 6.92. The van der Waals surface area contributed by atoms with Crippen molar-refractivity contribution in [1.29, 1.82) is 0 Å². The van der Waals surface area contributed by atoms with Gasteiger partial charge in [0.2, 0.25) is 0 Å². The van der Waals surface area contributed by atoms with Gasteiger partial charge < -0.3 is 9.73 Å². The summed E-state index contributed by atoms with van der Waals surface area (Å²) in [6, 6.07) is 15.1. The van der Waals surface area contributed by atoms with Gasteiger partial charge in [0.1, 0.15) is 5.76 Å². The molecule has 20 heavy (non-hydrogen) atoms. The predicted molar refractivity (Wildman–Crippen MR) is 83.0 cm³/mol. The van der Waals surface area contributed by atoms with Crippen molar-refractivity contribution in [3.63, 3.8) is 0 Å². The van der Waals surface area contributed by atoms with Gasteiger partial charge in [-0.15, -0.1) is 0 Å². The first-order chi connectivity index (χ1) is 9.72. The molecule has 0 saturated carbocycles. The minimum atomic E-state index is 0.153. The lowest BCUT2D eigenvalue weighted by Gasteiger charge is -2.21. The molecule has 1 heterocycles. The molecule has 0 fully saturated rings. The Hall–Kier alpha value is -2.06. The zero-order valence-electron chi connectivity index (χ0n) is 12.1. The fourth-order valence-corrected chi connectivity index (χ4v) is 2.94. The summed E-state index contributed by atoms with van der Waals surface area (Å²) in [5, 5.41) is 6.01. The van der Waals surface area contributed by atoms with E-state index < -0.39 is 0 Å². The summed E-state index contributed by atoms with van der Waals surface area (Å²) >= 11 is 0. The van der Waals surface area contributed by atoms with Gasteiger partial charge in [0.15, 0.2) is 0 Å². The third-order valence-corrected chi connectivity index (χ3v) is 3.98. The molecule has 0 aliphatic heterocycles. The van der Waals surface area contributed by atoms with Crippen molar-refractivity contribution in [2.24, 2.45) is 0 Å². The Morgan fingerprint density at radius 3 is 2.50 bits per heavy atom. The Balaban J connectivity index is 2.27. The van der Waals surface area contributed by atoms with E-state index in [-0.39, 0.29) is 6.04 Å². The SMILES string of the molecule is CNC(c1ccoc1C)c1c(C)ccc2ccccc12. The average molecular weight is 265 g/mol. The molecule has 2 nitrogen and oxygen atoms in total.